The van der Waals surface area contributed by atoms with Crippen LogP contribution in [-0.2, 0) is 0 Å². The number of fused-ring (bicyclic) bond motifs is 1. The van der Waals surface area contributed by atoms with Crippen LogP contribution in [0.2, 0.25) is 0 Å². The third-order valence-electron chi connectivity index (χ3n) is 2.34. The molecule has 0 radical (unpaired) electrons. The van der Waals surface area contributed by atoms with Gasteiger partial charge in [-0.1, -0.05) is 13.8 Å². The lowest BCUT2D eigenvalue weighted by Crippen LogP contribution is -2.16. The van der Waals surface area contributed by atoms with E-state index in [4.69, 9.17) is 5.73 Å². The molecule has 0 aliphatic rings. The van der Waals surface area contributed by atoms with Gasteiger partial charge in [0.1, 0.15) is 5.69 Å². The first kappa shape index (κ1) is 10.3. The molecule has 0 aliphatic heterocycles. The van der Waals surface area contributed by atoms with Crippen LogP contribution < -0.4 is 5.73 Å². The quantitative estimate of drug-likeness (QED) is 0.805. The van der Waals surface area contributed by atoms with E-state index in [1.165, 1.54) is 0 Å². The SMILES string of the molecule is CC(C)c1csc2ncc(C(=O)CN)n12. The van der Waals surface area contributed by atoms with Crippen molar-refractivity contribution in [2.45, 2.75) is 19.8 Å². The maximum atomic E-state index is 11.6. The van der Waals surface area contributed by atoms with Gasteiger partial charge in [0.05, 0.1) is 12.7 Å². The van der Waals surface area contributed by atoms with Gasteiger partial charge < -0.3 is 5.73 Å². The molecule has 2 aromatic heterocycles. The highest BCUT2D eigenvalue weighted by molar-refractivity contribution is 7.15. The fourth-order valence-electron chi connectivity index (χ4n) is 1.53. The average molecular weight is 223 g/mol. The third-order valence-corrected chi connectivity index (χ3v) is 3.19. The summed E-state index contributed by atoms with van der Waals surface area (Å²) in [7, 11) is 0. The number of ketones is 1. The van der Waals surface area contributed by atoms with Gasteiger partial charge in [0, 0.05) is 11.1 Å². The third kappa shape index (κ3) is 1.57. The van der Waals surface area contributed by atoms with Gasteiger partial charge in [0.15, 0.2) is 10.7 Å². The van der Waals surface area contributed by atoms with E-state index in [1.807, 2.05) is 9.78 Å². The zero-order valence-electron chi connectivity index (χ0n) is 8.73. The predicted molar refractivity (Wildman–Crippen MR) is 60.5 cm³/mol. The fourth-order valence-corrected chi connectivity index (χ4v) is 2.56. The Morgan fingerprint density at radius 3 is 3.00 bits per heavy atom. The van der Waals surface area contributed by atoms with Crippen molar-refractivity contribution >= 4 is 22.1 Å². The minimum atomic E-state index is -0.0669. The molecular weight excluding hydrogens is 210 g/mol. The molecule has 0 amide bonds. The van der Waals surface area contributed by atoms with E-state index in [0.717, 1.165) is 10.7 Å². The number of imidazole rings is 1. The van der Waals surface area contributed by atoms with Crippen LogP contribution in [0.25, 0.3) is 4.96 Å². The summed E-state index contributed by atoms with van der Waals surface area (Å²) in [6, 6.07) is 0. The van der Waals surface area contributed by atoms with Gasteiger partial charge in [0.25, 0.3) is 0 Å². The molecule has 0 atom stereocenters. The number of carbonyl (C=O) groups excluding carboxylic acids is 1. The molecule has 2 rings (SSSR count). The highest BCUT2D eigenvalue weighted by Gasteiger charge is 2.16. The zero-order valence-corrected chi connectivity index (χ0v) is 9.54. The standard InChI is InChI=1S/C10H13N3OS/c1-6(2)8-5-15-10-12-4-7(13(8)10)9(14)3-11/h4-6H,3,11H2,1-2H3. The van der Waals surface area contributed by atoms with Crippen LogP contribution in [0.5, 0.6) is 0 Å². The number of Topliss-reactive ketones (excluding diaryl/α,β-unsaturated/α-hetero) is 1. The van der Waals surface area contributed by atoms with Crippen molar-refractivity contribution < 1.29 is 4.79 Å². The van der Waals surface area contributed by atoms with Crippen molar-refractivity contribution in [3.63, 3.8) is 0 Å². The summed E-state index contributed by atoms with van der Waals surface area (Å²) in [5.41, 5.74) is 7.07. The number of hydrogen-bond donors (Lipinski definition) is 1. The lowest BCUT2D eigenvalue weighted by atomic mass is 10.1. The molecule has 0 saturated carbocycles. The molecule has 0 fully saturated rings. The second kappa shape index (κ2) is 3.75. The molecule has 15 heavy (non-hydrogen) atoms. The topological polar surface area (TPSA) is 60.4 Å². The highest BCUT2D eigenvalue weighted by Crippen LogP contribution is 2.24. The summed E-state index contributed by atoms with van der Waals surface area (Å²) in [4.78, 5) is 16.6. The summed E-state index contributed by atoms with van der Waals surface area (Å²) in [6.45, 7) is 4.22. The molecule has 4 nitrogen and oxygen atoms in total. The Kier molecular flexibility index (Phi) is 2.58. The maximum Gasteiger partial charge on any atom is 0.194 e. The normalized spacial score (nSPS) is 11.5. The number of carbonyl (C=O) groups is 1. The number of nitrogens with zero attached hydrogens (tertiary/aromatic N) is 2. The molecule has 0 aliphatic carbocycles. The molecule has 80 valence electrons. The summed E-state index contributed by atoms with van der Waals surface area (Å²) in [5, 5.41) is 2.04. The molecule has 5 heteroatoms. The fraction of sp³-hybridized carbons (Fsp3) is 0.400. The van der Waals surface area contributed by atoms with Crippen molar-refractivity contribution in [2.75, 3.05) is 6.54 Å². The van der Waals surface area contributed by atoms with Crippen LogP contribution in [0, 0.1) is 0 Å². The van der Waals surface area contributed by atoms with Crippen molar-refractivity contribution in [3.05, 3.63) is 23.0 Å². The van der Waals surface area contributed by atoms with Gasteiger partial charge in [-0.25, -0.2) is 4.98 Å². The molecule has 2 aromatic rings. The molecule has 0 unspecified atom stereocenters. The summed E-state index contributed by atoms with van der Waals surface area (Å²) >= 11 is 1.55. The lowest BCUT2D eigenvalue weighted by Gasteiger charge is -2.04. The van der Waals surface area contributed by atoms with E-state index >= 15 is 0 Å². The van der Waals surface area contributed by atoms with E-state index in [9.17, 15) is 4.79 Å². The molecule has 0 bridgehead atoms. The van der Waals surface area contributed by atoms with Crippen LogP contribution in [0.15, 0.2) is 11.6 Å². The Balaban J connectivity index is 2.65. The average Bonchev–Trinajstić information content (AvgIpc) is 2.75. The predicted octanol–water partition coefficient (Wildman–Crippen LogP) is 1.66. The Hall–Kier alpha value is -1.20. The van der Waals surface area contributed by atoms with Gasteiger partial charge in [-0.2, -0.15) is 0 Å². The molecule has 2 heterocycles. The van der Waals surface area contributed by atoms with Gasteiger partial charge in [-0.3, -0.25) is 9.20 Å². The van der Waals surface area contributed by atoms with Gasteiger partial charge in [-0.15, -0.1) is 11.3 Å². The Bertz CT molecular complexity index is 498. The summed E-state index contributed by atoms with van der Waals surface area (Å²) in [6.07, 6.45) is 1.60. The van der Waals surface area contributed by atoms with Gasteiger partial charge in [0.2, 0.25) is 0 Å². The van der Waals surface area contributed by atoms with Crippen molar-refractivity contribution in [3.8, 4) is 0 Å². The highest BCUT2D eigenvalue weighted by atomic mass is 32.1. The van der Waals surface area contributed by atoms with E-state index < -0.39 is 0 Å². The molecule has 0 spiro atoms. The van der Waals surface area contributed by atoms with Crippen LogP contribution in [0.4, 0.5) is 0 Å². The van der Waals surface area contributed by atoms with E-state index in [1.54, 1.807) is 17.5 Å². The molecular formula is C10H13N3OS. The lowest BCUT2D eigenvalue weighted by molar-refractivity contribution is 0.0995. The van der Waals surface area contributed by atoms with Crippen LogP contribution in [0.3, 0.4) is 0 Å². The summed E-state index contributed by atoms with van der Waals surface area (Å²) < 4.78 is 1.91. The first-order valence-electron chi connectivity index (χ1n) is 4.83. The van der Waals surface area contributed by atoms with Crippen molar-refractivity contribution in [1.82, 2.24) is 9.38 Å². The second-order valence-corrected chi connectivity index (χ2v) is 4.54. The first-order chi connectivity index (χ1) is 7.15. The minimum absolute atomic E-state index is 0.0289. The molecule has 2 N–H and O–H groups in total. The minimum Gasteiger partial charge on any atom is -0.324 e. The van der Waals surface area contributed by atoms with Gasteiger partial charge in [-0.05, 0) is 5.92 Å². The van der Waals surface area contributed by atoms with Crippen LogP contribution >= 0.6 is 11.3 Å². The molecule has 0 aromatic carbocycles. The monoisotopic (exact) mass is 223 g/mol. The largest absolute Gasteiger partial charge is 0.324 e. The van der Waals surface area contributed by atoms with Gasteiger partial charge >= 0.3 is 0 Å². The van der Waals surface area contributed by atoms with Crippen LogP contribution in [-0.4, -0.2) is 21.7 Å². The number of rotatable bonds is 3. The van der Waals surface area contributed by atoms with E-state index in [2.05, 4.69) is 18.8 Å². The Labute approximate surface area is 91.7 Å². The second-order valence-electron chi connectivity index (χ2n) is 3.70. The molecule has 0 saturated heterocycles. The number of hydrogen-bond acceptors (Lipinski definition) is 4. The van der Waals surface area contributed by atoms with E-state index in [-0.39, 0.29) is 12.3 Å². The maximum absolute atomic E-state index is 11.6. The van der Waals surface area contributed by atoms with Crippen molar-refractivity contribution in [2.24, 2.45) is 5.73 Å². The smallest absolute Gasteiger partial charge is 0.194 e. The number of nitrogens with two attached hydrogens (primary N) is 1. The Morgan fingerprint density at radius 2 is 2.40 bits per heavy atom. The van der Waals surface area contributed by atoms with Crippen LogP contribution in [0.1, 0.15) is 35.9 Å². The number of aromatic nitrogens is 2. The first-order valence-corrected chi connectivity index (χ1v) is 5.71. The summed E-state index contributed by atoms with van der Waals surface area (Å²) in [5.74, 6) is 0.306. The Morgan fingerprint density at radius 1 is 1.67 bits per heavy atom. The van der Waals surface area contributed by atoms with E-state index in [0.29, 0.717) is 11.6 Å². The number of thiazole rings is 1. The zero-order chi connectivity index (χ0) is 11.0. The van der Waals surface area contributed by atoms with Crippen molar-refractivity contribution in [1.29, 1.82) is 0 Å².